The van der Waals surface area contributed by atoms with Crippen molar-refractivity contribution in [3.8, 4) is 34.8 Å². The van der Waals surface area contributed by atoms with Crippen molar-refractivity contribution in [3.63, 3.8) is 0 Å². The molecule has 6 nitrogen and oxygen atoms in total. The second kappa shape index (κ2) is 15.9. The summed E-state index contributed by atoms with van der Waals surface area (Å²) >= 11 is 53.5. The Kier molecular flexibility index (Phi) is 14.4. The van der Waals surface area contributed by atoms with Crippen molar-refractivity contribution < 1.29 is 14.2 Å². The number of rotatable bonds is 6. The van der Waals surface area contributed by atoms with Gasteiger partial charge in [-0.2, -0.15) is 0 Å². The molecule has 0 spiro atoms. The Hall–Kier alpha value is 3.27. The van der Waals surface area contributed by atoms with Gasteiger partial charge in [0.1, 0.15) is 0 Å². The van der Waals surface area contributed by atoms with Crippen molar-refractivity contribution in [1.82, 2.24) is 15.4 Å². The third-order valence-electron chi connectivity index (χ3n) is 4.77. The van der Waals surface area contributed by atoms with E-state index in [9.17, 15) is 0 Å². The van der Waals surface area contributed by atoms with Gasteiger partial charge in [-0.25, -0.2) is 0 Å². The van der Waals surface area contributed by atoms with Crippen LogP contribution in [0, 0.1) is 0 Å². The van der Waals surface area contributed by atoms with Crippen molar-refractivity contribution >= 4 is 239 Å². The van der Waals surface area contributed by atoms with Gasteiger partial charge >= 0.3 is 0 Å². The predicted octanol–water partition coefficient (Wildman–Crippen LogP) is 16.7. The van der Waals surface area contributed by atoms with Crippen molar-refractivity contribution in [1.29, 1.82) is 0 Å². The zero-order valence-electron chi connectivity index (χ0n) is 18.7. The molecule has 3 aromatic carbocycles. The van der Waals surface area contributed by atoms with Crippen LogP contribution in [0.15, 0.2) is 67.1 Å². The fourth-order valence-corrected chi connectivity index (χ4v) is 12.3. The average Bonchev–Trinajstić information content (AvgIpc) is 2.98. The summed E-state index contributed by atoms with van der Waals surface area (Å²) in [6.45, 7) is 0. The molecule has 21 heteroatoms. The molecule has 0 radical (unpaired) electrons. The second-order valence-electron chi connectivity index (χ2n) is 7.23. The first-order chi connectivity index (χ1) is 19.6. The molecule has 0 amide bonds. The quantitative estimate of drug-likeness (QED) is 0.142. The van der Waals surface area contributed by atoms with Crippen molar-refractivity contribution in [2.45, 2.75) is 0 Å². The van der Waals surface area contributed by atoms with Gasteiger partial charge in [0.15, 0.2) is 17.2 Å². The number of hydrogen-bond acceptors (Lipinski definition) is 6. The molecule has 0 aliphatic heterocycles. The molecule has 0 saturated heterocycles. The lowest BCUT2D eigenvalue weighted by molar-refractivity contribution is 0.349. The number of benzene rings is 3. The average molecular weight is 1540 g/mol. The van der Waals surface area contributed by atoms with E-state index in [1.54, 1.807) is 0 Å². The van der Waals surface area contributed by atoms with Crippen LogP contribution in [0.2, 0.25) is 0 Å². The van der Waals surface area contributed by atoms with Gasteiger partial charge in [-0.05, 0) is 244 Å². The van der Waals surface area contributed by atoms with Crippen LogP contribution in [0.25, 0.3) is 0 Å². The Morgan fingerprint density at radius 1 is 0.262 bits per heavy atom. The molecule has 1 heterocycles. The largest absolute Gasteiger partial charge is 0.444 e. The summed E-state index contributed by atoms with van der Waals surface area (Å²) < 4.78 is 29.0. The van der Waals surface area contributed by atoms with Crippen molar-refractivity contribution in [2.75, 3.05) is 0 Å². The molecule has 4 aromatic rings. The standard InChI is InChI=1S/C21Br15N3O3/c22-1-4(25)10(31)16(11(32)5(1)26)40-19-20(41-17-12(33)6(27)2(23)7(28)13(17)34)37-39-38-21(19)42-18-14(35)8(29)3(24)9(30)15(18)36. The van der Waals surface area contributed by atoms with Crippen LogP contribution >= 0.6 is 239 Å². The van der Waals surface area contributed by atoms with Gasteiger partial charge < -0.3 is 14.2 Å². The fourth-order valence-electron chi connectivity index (χ4n) is 2.83. The third kappa shape index (κ3) is 7.54. The first kappa shape index (κ1) is 38.1. The summed E-state index contributed by atoms with van der Waals surface area (Å²) in [5, 5.41) is 12.2. The maximum atomic E-state index is 6.48. The number of hydrogen-bond donors (Lipinski definition) is 0. The molecule has 0 aliphatic carbocycles. The van der Waals surface area contributed by atoms with Gasteiger partial charge in [0.25, 0.3) is 17.5 Å². The highest BCUT2D eigenvalue weighted by molar-refractivity contribution is 9.17. The third-order valence-corrected chi connectivity index (χ3v) is 22.8. The molecule has 0 saturated carbocycles. The Morgan fingerprint density at radius 2 is 0.476 bits per heavy atom. The van der Waals surface area contributed by atoms with E-state index in [0.29, 0.717) is 70.9 Å². The van der Waals surface area contributed by atoms with Crippen molar-refractivity contribution in [3.05, 3.63) is 67.1 Å². The Morgan fingerprint density at radius 3 is 0.738 bits per heavy atom. The Bertz CT molecular complexity index is 1610. The maximum Gasteiger partial charge on any atom is 0.290 e. The van der Waals surface area contributed by atoms with Crippen LogP contribution in [0.1, 0.15) is 0 Å². The van der Waals surface area contributed by atoms with Crippen molar-refractivity contribution in [2.24, 2.45) is 0 Å². The van der Waals surface area contributed by atoms with E-state index in [-0.39, 0.29) is 17.5 Å². The van der Waals surface area contributed by atoms with Crippen LogP contribution in [0.3, 0.4) is 0 Å². The molecule has 0 aliphatic rings. The maximum absolute atomic E-state index is 6.48. The lowest BCUT2D eigenvalue weighted by Crippen LogP contribution is -2.04. The number of aromatic nitrogens is 3. The summed E-state index contributed by atoms with van der Waals surface area (Å²) in [6.07, 6.45) is 0. The molecule has 222 valence electrons. The number of ether oxygens (including phenoxy) is 3. The normalized spacial score (nSPS) is 11.2. The topological polar surface area (TPSA) is 66.4 Å². The Labute approximate surface area is 364 Å². The monoisotopic (exact) mass is 1530 g/mol. The minimum Gasteiger partial charge on any atom is -0.444 e. The summed E-state index contributed by atoms with van der Waals surface area (Å²) in [4.78, 5) is 0. The smallest absolute Gasteiger partial charge is 0.290 e. The van der Waals surface area contributed by atoms with Gasteiger partial charge in [-0.1, -0.05) is 10.2 Å². The number of halogens is 15. The van der Waals surface area contributed by atoms with Crippen LogP contribution in [0.4, 0.5) is 0 Å². The second-order valence-corrected chi connectivity index (χ2v) is 19.1. The summed E-state index contributed by atoms with van der Waals surface area (Å²) in [7, 11) is 0. The van der Waals surface area contributed by atoms with E-state index in [0.717, 1.165) is 13.4 Å². The summed E-state index contributed by atoms with van der Waals surface area (Å²) in [5.41, 5.74) is 0. The molecule has 4 rings (SSSR count). The highest BCUT2D eigenvalue weighted by Crippen LogP contribution is 2.56. The van der Waals surface area contributed by atoms with Crippen LogP contribution in [-0.2, 0) is 0 Å². The molecular formula is C21Br15N3O3. The first-order valence-corrected chi connectivity index (χ1v) is 21.8. The van der Waals surface area contributed by atoms with E-state index in [1.165, 1.54) is 0 Å². The van der Waals surface area contributed by atoms with E-state index >= 15 is 0 Å². The van der Waals surface area contributed by atoms with Gasteiger partial charge in [0.05, 0.1) is 53.7 Å². The predicted molar refractivity (Wildman–Crippen MR) is 215 cm³/mol. The zero-order chi connectivity index (χ0) is 31.4. The van der Waals surface area contributed by atoms with Crippen LogP contribution in [-0.4, -0.2) is 15.4 Å². The lowest BCUT2D eigenvalue weighted by Gasteiger charge is -2.19. The van der Waals surface area contributed by atoms with Gasteiger partial charge in [-0.3, -0.25) is 0 Å². The number of nitrogens with zero attached hydrogens (tertiary/aromatic N) is 3. The van der Waals surface area contributed by atoms with Gasteiger partial charge in [0, 0.05) is 13.4 Å². The minimum atomic E-state index is -0.0565. The van der Waals surface area contributed by atoms with E-state index in [4.69, 9.17) is 14.2 Å². The molecule has 0 unspecified atom stereocenters. The molecule has 0 N–H and O–H groups in total. The Balaban J connectivity index is 1.98. The van der Waals surface area contributed by atoms with Crippen LogP contribution < -0.4 is 14.2 Å². The van der Waals surface area contributed by atoms with Gasteiger partial charge in [-0.15, -0.1) is 0 Å². The van der Waals surface area contributed by atoms with E-state index in [1.807, 2.05) is 0 Å². The first-order valence-electron chi connectivity index (χ1n) is 9.91. The molecule has 42 heavy (non-hydrogen) atoms. The summed E-state index contributed by atoms with van der Waals surface area (Å²) in [6, 6.07) is 0. The highest BCUT2D eigenvalue weighted by Gasteiger charge is 2.29. The van der Waals surface area contributed by atoms with E-state index < -0.39 is 0 Å². The molecule has 0 bridgehead atoms. The van der Waals surface area contributed by atoms with Gasteiger partial charge in [0.2, 0.25) is 0 Å². The zero-order valence-corrected chi connectivity index (χ0v) is 42.5. The lowest BCUT2D eigenvalue weighted by atomic mass is 10.3. The van der Waals surface area contributed by atoms with E-state index in [2.05, 4.69) is 254 Å². The molecular weight excluding hydrogens is 1540 g/mol. The summed E-state index contributed by atoms with van der Waals surface area (Å²) in [5.74, 6) is 0.976. The van der Waals surface area contributed by atoms with Crippen LogP contribution in [0.5, 0.6) is 34.8 Å². The fraction of sp³-hybridized carbons (Fsp3) is 0. The molecule has 0 atom stereocenters. The molecule has 0 fully saturated rings. The SMILES string of the molecule is Brc1c(Br)c(Br)c(Oc2nnnc(Oc3c(Br)c(Br)c(Br)c(Br)c3Br)c2Oc2c(Br)c(Br)c(Br)c(Br)c2Br)c(Br)c1Br. The minimum absolute atomic E-state index is 0.00968. The highest BCUT2D eigenvalue weighted by atomic mass is 79.9. The molecule has 1 aromatic heterocycles.